The van der Waals surface area contributed by atoms with Crippen LogP contribution in [0.1, 0.15) is 24.1 Å². The Morgan fingerprint density at radius 2 is 2.03 bits per heavy atom. The second-order valence-corrected chi connectivity index (χ2v) is 7.01. The molecule has 146 valence electrons. The molecule has 0 unspecified atom stereocenters. The minimum absolute atomic E-state index is 0.0197. The quantitative estimate of drug-likeness (QED) is 0.656. The van der Waals surface area contributed by atoms with E-state index in [9.17, 15) is 14.4 Å². The van der Waals surface area contributed by atoms with Crippen LogP contribution in [0.3, 0.4) is 0 Å². The molecule has 1 fully saturated rings. The molecule has 0 bridgehead atoms. The number of benzene rings is 2. The van der Waals surface area contributed by atoms with Crippen LogP contribution in [0.5, 0.6) is 11.5 Å². The number of hydrogen-bond acceptors (Lipinski definition) is 5. The molecule has 1 N–H and O–H groups in total. The summed E-state index contributed by atoms with van der Waals surface area (Å²) >= 11 is 6.16. The van der Waals surface area contributed by atoms with Gasteiger partial charge in [0.05, 0.1) is 22.4 Å². The molecule has 0 spiro atoms. The second-order valence-electron chi connectivity index (χ2n) is 6.60. The fraction of sp³-hybridized carbons (Fsp3) is 0.190. The molecule has 2 aromatic carbocycles. The van der Waals surface area contributed by atoms with Gasteiger partial charge in [0.1, 0.15) is 30.0 Å². The van der Waals surface area contributed by atoms with Gasteiger partial charge in [0.25, 0.3) is 5.56 Å². The van der Waals surface area contributed by atoms with Crippen LogP contribution in [0.2, 0.25) is 5.02 Å². The molecule has 1 aliphatic carbocycles. The maximum absolute atomic E-state index is 14.7. The molecule has 8 heteroatoms. The zero-order chi connectivity index (χ0) is 20.4. The van der Waals surface area contributed by atoms with Gasteiger partial charge < -0.3 is 9.47 Å². The highest BCUT2D eigenvalue weighted by molar-refractivity contribution is 6.32. The number of ether oxygens (including phenoxy) is 2. The highest BCUT2D eigenvalue weighted by Crippen LogP contribution is 2.39. The van der Waals surface area contributed by atoms with Crippen molar-refractivity contribution in [1.29, 1.82) is 5.26 Å². The van der Waals surface area contributed by atoms with Crippen molar-refractivity contribution in [2.45, 2.75) is 25.6 Å². The summed E-state index contributed by atoms with van der Waals surface area (Å²) in [4.78, 5) is 11.1. The number of aromatic amines is 1. The van der Waals surface area contributed by atoms with E-state index in [0.29, 0.717) is 17.0 Å². The summed E-state index contributed by atoms with van der Waals surface area (Å²) < 4.78 is 26.2. The first-order chi connectivity index (χ1) is 14.0. The number of nitrogens with zero attached hydrogens (tertiary/aromatic N) is 2. The SMILES string of the molecule is N#Cc1cc(-c2cc(OC3CC3)ccc2F)c(OCc2ccc(=O)[nH]n2)cc1Cl. The monoisotopic (exact) mass is 411 g/mol. The van der Waals surface area contributed by atoms with E-state index in [2.05, 4.69) is 10.2 Å². The van der Waals surface area contributed by atoms with Gasteiger partial charge in [-0.3, -0.25) is 4.79 Å². The molecule has 1 saturated carbocycles. The maximum atomic E-state index is 14.7. The summed E-state index contributed by atoms with van der Waals surface area (Å²) in [7, 11) is 0. The number of aromatic nitrogens is 2. The van der Waals surface area contributed by atoms with E-state index in [4.69, 9.17) is 21.1 Å². The Hall–Kier alpha value is -3.37. The number of halogens is 2. The van der Waals surface area contributed by atoms with Gasteiger partial charge in [-0.05, 0) is 43.2 Å². The molecule has 3 aromatic rings. The van der Waals surface area contributed by atoms with Crippen LogP contribution in [0, 0.1) is 17.1 Å². The Balaban J connectivity index is 1.72. The highest BCUT2D eigenvalue weighted by atomic mass is 35.5. The summed E-state index contributed by atoms with van der Waals surface area (Å²) in [5, 5.41) is 15.7. The number of hydrogen-bond donors (Lipinski definition) is 1. The Kier molecular flexibility index (Phi) is 5.19. The van der Waals surface area contributed by atoms with Crippen LogP contribution < -0.4 is 15.0 Å². The predicted octanol–water partition coefficient (Wildman–Crippen LogP) is 4.22. The minimum atomic E-state index is -0.480. The lowest BCUT2D eigenvalue weighted by atomic mass is 10.0. The van der Waals surface area contributed by atoms with Crippen LogP contribution >= 0.6 is 11.6 Å². The summed E-state index contributed by atoms with van der Waals surface area (Å²) in [5.74, 6) is 0.349. The summed E-state index contributed by atoms with van der Waals surface area (Å²) in [6, 6.07) is 12.3. The summed E-state index contributed by atoms with van der Waals surface area (Å²) in [6.07, 6.45) is 2.12. The molecule has 1 heterocycles. The average molecular weight is 412 g/mol. The van der Waals surface area contributed by atoms with E-state index >= 15 is 0 Å². The van der Waals surface area contributed by atoms with Crippen molar-refractivity contribution < 1.29 is 13.9 Å². The number of nitrogens with one attached hydrogen (secondary N) is 1. The molecular formula is C21H15ClFN3O3. The van der Waals surface area contributed by atoms with Gasteiger partial charge in [0, 0.05) is 23.3 Å². The molecule has 0 amide bonds. The highest BCUT2D eigenvalue weighted by Gasteiger charge is 2.24. The van der Waals surface area contributed by atoms with Crippen LogP contribution in [0.4, 0.5) is 4.39 Å². The third kappa shape index (κ3) is 4.39. The van der Waals surface area contributed by atoms with E-state index in [0.717, 1.165) is 12.8 Å². The normalized spacial score (nSPS) is 13.0. The van der Waals surface area contributed by atoms with Crippen LogP contribution in [0.25, 0.3) is 11.1 Å². The molecule has 0 saturated heterocycles. The third-order valence-electron chi connectivity index (χ3n) is 4.36. The first kappa shape index (κ1) is 19.0. The Morgan fingerprint density at radius 1 is 1.21 bits per heavy atom. The van der Waals surface area contributed by atoms with Gasteiger partial charge >= 0.3 is 0 Å². The van der Waals surface area contributed by atoms with Gasteiger partial charge in [0.2, 0.25) is 0 Å². The molecule has 6 nitrogen and oxygen atoms in total. The van der Waals surface area contributed by atoms with E-state index in [1.165, 1.54) is 30.3 Å². The van der Waals surface area contributed by atoms with Crippen molar-refractivity contribution in [3.05, 3.63) is 74.9 Å². The first-order valence-electron chi connectivity index (χ1n) is 8.91. The van der Waals surface area contributed by atoms with Crippen molar-refractivity contribution in [1.82, 2.24) is 10.2 Å². The number of H-pyrrole nitrogens is 1. The van der Waals surface area contributed by atoms with Crippen molar-refractivity contribution in [2.24, 2.45) is 0 Å². The molecule has 0 atom stereocenters. The van der Waals surface area contributed by atoms with Gasteiger partial charge in [-0.15, -0.1) is 0 Å². The molecule has 0 aliphatic heterocycles. The lowest BCUT2D eigenvalue weighted by Crippen LogP contribution is -2.09. The molecule has 29 heavy (non-hydrogen) atoms. The Morgan fingerprint density at radius 3 is 2.72 bits per heavy atom. The zero-order valence-electron chi connectivity index (χ0n) is 15.1. The third-order valence-corrected chi connectivity index (χ3v) is 4.67. The second kappa shape index (κ2) is 7.94. The Labute approximate surface area is 170 Å². The van der Waals surface area contributed by atoms with E-state index in [1.807, 2.05) is 6.07 Å². The van der Waals surface area contributed by atoms with Gasteiger partial charge in [-0.25, -0.2) is 9.49 Å². The topological polar surface area (TPSA) is 88.0 Å². The van der Waals surface area contributed by atoms with Gasteiger partial charge in [-0.2, -0.15) is 10.4 Å². The molecule has 4 rings (SSSR count). The minimum Gasteiger partial charge on any atom is -0.490 e. The molecular weight excluding hydrogens is 397 g/mol. The van der Waals surface area contributed by atoms with Crippen molar-refractivity contribution in [3.8, 4) is 28.7 Å². The predicted molar refractivity (Wildman–Crippen MR) is 104 cm³/mol. The first-order valence-corrected chi connectivity index (χ1v) is 9.29. The molecule has 1 aromatic heterocycles. The van der Waals surface area contributed by atoms with Crippen LogP contribution in [0.15, 0.2) is 47.3 Å². The van der Waals surface area contributed by atoms with E-state index in [1.54, 1.807) is 12.1 Å². The Bertz CT molecular complexity index is 1150. The lowest BCUT2D eigenvalue weighted by molar-refractivity contribution is 0.300. The fourth-order valence-corrected chi connectivity index (χ4v) is 2.93. The van der Waals surface area contributed by atoms with E-state index in [-0.39, 0.29) is 40.2 Å². The van der Waals surface area contributed by atoms with Crippen molar-refractivity contribution in [2.75, 3.05) is 0 Å². The van der Waals surface area contributed by atoms with Crippen molar-refractivity contribution >= 4 is 11.6 Å². The van der Waals surface area contributed by atoms with Crippen LogP contribution in [-0.2, 0) is 6.61 Å². The standard InChI is InChI=1S/C21H15ClFN3O3/c22-18-9-20(28-11-13-1-6-21(27)26-25-13)17(7-12(18)10-24)16-8-15(4-5-19(16)23)29-14-2-3-14/h1,4-9,14H,2-3,11H2,(H,26,27). The van der Waals surface area contributed by atoms with Gasteiger partial charge in [-0.1, -0.05) is 11.6 Å². The zero-order valence-corrected chi connectivity index (χ0v) is 15.9. The molecule has 0 radical (unpaired) electrons. The largest absolute Gasteiger partial charge is 0.490 e. The van der Waals surface area contributed by atoms with Gasteiger partial charge in [0.15, 0.2) is 0 Å². The summed E-state index contributed by atoms with van der Waals surface area (Å²) in [6.45, 7) is 0.0197. The number of rotatable bonds is 6. The van der Waals surface area contributed by atoms with Crippen molar-refractivity contribution in [3.63, 3.8) is 0 Å². The average Bonchev–Trinajstić information content (AvgIpc) is 3.53. The number of nitriles is 1. The van der Waals surface area contributed by atoms with Crippen LogP contribution in [-0.4, -0.2) is 16.3 Å². The summed E-state index contributed by atoms with van der Waals surface area (Å²) in [5.41, 5.74) is 0.951. The molecule has 1 aliphatic rings. The van der Waals surface area contributed by atoms with E-state index < -0.39 is 5.82 Å². The smallest absolute Gasteiger partial charge is 0.264 e. The maximum Gasteiger partial charge on any atom is 0.264 e. The lowest BCUT2D eigenvalue weighted by Gasteiger charge is -2.15. The fourth-order valence-electron chi connectivity index (χ4n) is 2.74.